The minimum Gasteiger partial charge on any atom is -0.375 e. The summed E-state index contributed by atoms with van der Waals surface area (Å²) in [4.78, 5) is 0. The van der Waals surface area contributed by atoms with Crippen LogP contribution in [-0.4, -0.2) is 25.4 Å². The molecule has 1 rings (SSSR count). The summed E-state index contributed by atoms with van der Waals surface area (Å²) in [5.41, 5.74) is 0.0826. The van der Waals surface area contributed by atoms with Gasteiger partial charge < -0.3 is 9.47 Å². The Labute approximate surface area is 120 Å². The summed E-state index contributed by atoms with van der Waals surface area (Å²) in [6.07, 6.45) is 14.9. The summed E-state index contributed by atoms with van der Waals surface area (Å²) < 4.78 is 11.2. The zero-order chi connectivity index (χ0) is 13.8. The van der Waals surface area contributed by atoms with E-state index in [4.69, 9.17) is 9.47 Å². The van der Waals surface area contributed by atoms with E-state index in [0.717, 1.165) is 26.2 Å². The van der Waals surface area contributed by atoms with Gasteiger partial charge in [-0.1, -0.05) is 71.6 Å². The monoisotopic (exact) mass is 270 g/mol. The van der Waals surface area contributed by atoms with Gasteiger partial charge in [-0.3, -0.25) is 0 Å². The molecule has 2 heteroatoms. The van der Waals surface area contributed by atoms with E-state index in [9.17, 15) is 0 Å². The molecule has 0 atom stereocenters. The lowest BCUT2D eigenvalue weighted by atomic mass is 9.99. The average Bonchev–Trinajstić information content (AvgIpc) is 2.38. The molecule has 0 unspecified atom stereocenters. The molecule has 0 bridgehead atoms. The Morgan fingerprint density at radius 2 is 1.32 bits per heavy atom. The average molecular weight is 270 g/mol. The molecule has 0 radical (unpaired) electrons. The summed E-state index contributed by atoms with van der Waals surface area (Å²) in [5.74, 6) is 0. The van der Waals surface area contributed by atoms with E-state index < -0.39 is 0 Å². The fourth-order valence-corrected chi connectivity index (χ4v) is 2.60. The van der Waals surface area contributed by atoms with Crippen molar-refractivity contribution in [2.24, 2.45) is 0 Å². The van der Waals surface area contributed by atoms with Gasteiger partial charge in [-0.05, 0) is 12.8 Å². The molecule has 1 heterocycles. The lowest BCUT2D eigenvalue weighted by molar-refractivity contribution is -0.211. The highest BCUT2D eigenvalue weighted by Crippen LogP contribution is 2.25. The Morgan fingerprint density at radius 1 is 0.789 bits per heavy atom. The van der Waals surface area contributed by atoms with Crippen LogP contribution in [0, 0.1) is 0 Å². The summed E-state index contributed by atoms with van der Waals surface area (Å²) in [6, 6.07) is 0. The molecule has 0 aromatic carbocycles. The number of ether oxygens (including phenoxy) is 2. The zero-order valence-corrected chi connectivity index (χ0v) is 13.2. The van der Waals surface area contributed by atoms with Crippen molar-refractivity contribution in [2.45, 2.75) is 90.1 Å². The van der Waals surface area contributed by atoms with E-state index in [1.165, 1.54) is 64.2 Å². The van der Waals surface area contributed by atoms with Crippen molar-refractivity contribution in [3.63, 3.8) is 0 Å². The number of hydrogen-bond acceptors (Lipinski definition) is 2. The Hall–Kier alpha value is -0.0800. The van der Waals surface area contributed by atoms with Crippen molar-refractivity contribution in [1.82, 2.24) is 0 Å². The van der Waals surface area contributed by atoms with Crippen molar-refractivity contribution in [1.29, 1.82) is 0 Å². The molecule has 0 aromatic heterocycles. The molecule has 114 valence electrons. The van der Waals surface area contributed by atoms with Gasteiger partial charge in [0.25, 0.3) is 0 Å². The third-order valence-electron chi connectivity index (χ3n) is 4.28. The van der Waals surface area contributed by atoms with Crippen LogP contribution >= 0.6 is 0 Å². The van der Waals surface area contributed by atoms with Crippen LogP contribution in [-0.2, 0) is 9.47 Å². The first kappa shape index (κ1) is 17.0. The van der Waals surface area contributed by atoms with Crippen molar-refractivity contribution in [3.05, 3.63) is 0 Å². The van der Waals surface area contributed by atoms with Crippen molar-refractivity contribution < 1.29 is 9.47 Å². The molecule has 2 nitrogen and oxygen atoms in total. The Kier molecular flexibility index (Phi) is 9.54. The van der Waals surface area contributed by atoms with Crippen LogP contribution in [0.5, 0.6) is 0 Å². The van der Waals surface area contributed by atoms with E-state index in [1.54, 1.807) is 0 Å². The van der Waals surface area contributed by atoms with E-state index in [1.807, 2.05) is 0 Å². The molecule has 0 amide bonds. The molecule has 0 saturated carbocycles. The van der Waals surface area contributed by atoms with Gasteiger partial charge >= 0.3 is 0 Å². The Bertz CT molecular complexity index is 194. The standard InChI is InChI=1S/C17H34O2/c1-3-5-6-7-8-9-10-11-12-13-14-19-17(4-2)15-18-16-17/h3-16H2,1-2H3. The van der Waals surface area contributed by atoms with E-state index in [-0.39, 0.29) is 5.60 Å². The first-order valence-corrected chi connectivity index (χ1v) is 8.55. The molecule has 0 aromatic rings. The van der Waals surface area contributed by atoms with Gasteiger partial charge in [0.2, 0.25) is 0 Å². The van der Waals surface area contributed by atoms with Gasteiger partial charge in [-0.25, -0.2) is 0 Å². The second-order valence-corrected chi connectivity index (χ2v) is 6.06. The smallest absolute Gasteiger partial charge is 0.114 e. The van der Waals surface area contributed by atoms with Crippen LogP contribution in [0.25, 0.3) is 0 Å². The lowest BCUT2D eigenvalue weighted by Gasteiger charge is -2.40. The SMILES string of the molecule is CCCCCCCCCCCCOC1(CC)COC1. The van der Waals surface area contributed by atoms with Gasteiger partial charge in [0, 0.05) is 6.61 Å². The zero-order valence-electron chi connectivity index (χ0n) is 13.2. The van der Waals surface area contributed by atoms with Crippen LogP contribution < -0.4 is 0 Å². The lowest BCUT2D eigenvalue weighted by Crippen LogP contribution is -2.51. The number of hydrogen-bond donors (Lipinski definition) is 0. The predicted molar refractivity (Wildman–Crippen MR) is 81.6 cm³/mol. The second-order valence-electron chi connectivity index (χ2n) is 6.06. The third-order valence-corrected chi connectivity index (χ3v) is 4.28. The fourth-order valence-electron chi connectivity index (χ4n) is 2.60. The molecular weight excluding hydrogens is 236 g/mol. The van der Waals surface area contributed by atoms with Gasteiger partial charge in [0.1, 0.15) is 5.60 Å². The maximum absolute atomic E-state index is 5.96. The van der Waals surface area contributed by atoms with Crippen molar-refractivity contribution in [2.75, 3.05) is 19.8 Å². The normalized spacial score (nSPS) is 17.4. The summed E-state index contributed by atoms with van der Waals surface area (Å²) in [5, 5.41) is 0. The molecular formula is C17H34O2. The predicted octanol–water partition coefficient (Wildman–Crippen LogP) is 5.10. The highest BCUT2D eigenvalue weighted by atomic mass is 16.6. The molecule has 19 heavy (non-hydrogen) atoms. The maximum Gasteiger partial charge on any atom is 0.114 e. The highest BCUT2D eigenvalue weighted by Gasteiger charge is 2.37. The van der Waals surface area contributed by atoms with Crippen LogP contribution in [0.2, 0.25) is 0 Å². The first-order valence-electron chi connectivity index (χ1n) is 8.55. The van der Waals surface area contributed by atoms with Crippen molar-refractivity contribution >= 4 is 0 Å². The summed E-state index contributed by atoms with van der Waals surface area (Å²) in [6.45, 7) is 7.01. The highest BCUT2D eigenvalue weighted by molar-refractivity contribution is 4.85. The van der Waals surface area contributed by atoms with Crippen LogP contribution in [0.1, 0.15) is 84.5 Å². The number of unbranched alkanes of at least 4 members (excludes halogenated alkanes) is 9. The molecule has 0 spiro atoms. The Balaban J connectivity index is 1.76. The molecule has 0 N–H and O–H groups in total. The first-order chi connectivity index (χ1) is 9.33. The molecule has 1 fully saturated rings. The van der Waals surface area contributed by atoms with E-state index >= 15 is 0 Å². The fraction of sp³-hybridized carbons (Fsp3) is 1.00. The van der Waals surface area contributed by atoms with Gasteiger partial charge in [-0.2, -0.15) is 0 Å². The van der Waals surface area contributed by atoms with Crippen molar-refractivity contribution in [3.8, 4) is 0 Å². The topological polar surface area (TPSA) is 18.5 Å². The van der Waals surface area contributed by atoms with E-state index in [2.05, 4.69) is 13.8 Å². The molecule has 1 aliphatic heterocycles. The largest absolute Gasteiger partial charge is 0.375 e. The molecule has 1 saturated heterocycles. The van der Waals surface area contributed by atoms with Crippen LogP contribution in [0.15, 0.2) is 0 Å². The number of rotatable bonds is 13. The minimum atomic E-state index is 0.0826. The van der Waals surface area contributed by atoms with Gasteiger partial charge in [0.15, 0.2) is 0 Å². The third kappa shape index (κ3) is 7.31. The maximum atomic E-state index is 5.96. The summed E-state index contributed by atoms with van der Waals surface area (Å²) in [7, 11) is 0. The van der Waals surface area contributed by atoms with E-state index in [0.29, 0.717) is 0 Å². The molecule has 1 aliphatic rings. The van der Waals surface area contributed by atoms with Crippen LogP contribution in [0.3, 0.4) is 0 Å². The Morgan fingerprint density at radius 3 is 1.74 bits per heavy atom. The molecule has 0 aliphatic carbocycles. The quantitative estimate of drug-likeness (QED) is 0.433. The van der Waals surface area contributed by atoms with Crippen LogP contribution in [0.4, 0.5) is 0 Å². The second kappa shape index (κ2) is 10.7. The van der Waals surface area contributed by atoms with Gasteiger partial charge in [0.05, 0.1) is 13.2 Å². The van der Waals surface area contributed by atoms with Gasteiger partial charge in [-0.15, -0.1) is 0 Å². The minimum absolute atomic E-state index is 0.0826. The summed E-state index contributed by atoms with van der Waals surface area (Å²) >= 11 is 0.